The van der Waals surface area contributed by atoms with Crippen LogP contribution in [0.3, 0.4) is 0 Å². The molecule has 0 saturated heterocycles. The fourth-order valence-corrected chi connectivity index (χ4v) is 2.30. The minimum absolute atomic E-state index is 0. The fraction of sp³-hybridized carbons (Fsp3) is 0.632. The number of guanidine groups is 1. The second-order valence-electron chi connectivity index (χ2n) is 6.38. The summed E-state index contributed by atoms with van der Waals surface area (Å²) in [4.78, 5) is 6.98. The predicted octanol–water partition coefficient (Wildman–Crippen LogP) is 3.10. The Labute approximate surface area is 169 Å². The number of aliphatic imine (C=N–C) groups is 1. The zero-order chi connectivity index (χ0) is 17.2. The van der Waals surface area contributed by atoms with Crippen LogP contribution in [-0.4, -0.2) is 50.7 Å². The van der Waals surface area contributed by atoms with Crippen molar-refractivity contribution in [2.24, 2.45) is 10.9 Å². The molecule has 6 heteroatoms. The van der Waals surface area contributed by atoms with Crippen molar-refractivity contribution in [1.29, 1.82) is 0 Å². The Morgan fingerprint density at radius 3 is 2.68 bits per heavy atom. The first-order valence-electron chi connectivity index (χ1n) is 9.14. The highest BCUT2D eigenvalue weighted by Gasteiger charge is 2.22. The Morgan fingerprint density at radius 1 is 1.24 bits per heavy atom. The van der Waals surface area contributed by atoms with E-state index < -0.39 is 0 Å². The van der Waals surface area contributed by atoms with Gasteiger partial charge in [-0.2, -0.15) is 0 Å². The molecule has 2 N–H and O–H groups in total. The average molecular weight is 460 g/mol. The molecule has 142 valence electrons. The third-order valence-corrected chi connectivity index (χ3v) is 4.22. The molecular weight excluding hydrogens is 427 g/mol. The van der Waals surface area contributed by atoms with E-state index in [1.807, 2.05) is 18.2 Å². The van der Waals surface area contributed by atoms with Crippen molar-refractivity contribution in [2.75, 3.05) is 39.8 Å². The summed E-state index contributed by atoms with van der Waals surface area (Å²) in [5.74, 6) is 2.59. The summed E-state index contributed by atoms with van der Waals surface area (Å²) >= 11 is 0. The molecule has 0 amide bonds. The Bertz CT molecular complexity index is 520. The number of hydrogen-bond acceptors (Lipinski definition) is 3. The molecule has 1 aliphatic rings. The van der Waals surface area contributed by atoms with Crippen LogP contribution in [0.2, 0.25) is 0 Å². The first kappa shape index (κ1) is 22.0. The molecule has 25 heavy (non-hydrogen) atoms. The van der Waals surface area contributed by atoms with Gasteiger partial charge in [-0.25, -0.2) is 4.99 Å². The molecule has 1 saturated carbocycles. The van der Waals surface area contributed by atoms with E-state index in [0.717, 1.165) is 56.0 Å². The quantitative estimate of drug-likeness (QED) is 0.320. The van der Waals surface area contributed by atoms with Crippen molar-refractivity contribution in [3.63, 3.8) is 0 Å². The normalized spacial score (nSPS) is 14.2. The molecule has 0 aliphatic heterocycles. The lowest BCUT2D eigenvalue weighted by atomic mass is 10.2. The van der Waals surface area contributed by atoms with Crippen LogP contribution in [0.25, 0.3) is 0 Å². The Hall–Kier alpha value is -1.02. The van der Waals surface area contributed by atoms with Crippen molar-refractivity contribution in [1.82, 2.24) is 15.5 Å². The number of likely N-dealkylation sites (N-methyl/N-ethyl adjacent to an activating group) is 1. The minimum Gasteiger partial charge on any atom is -0.493 e. The van der Waals surface area contributed by atoms with Gasteiger partial charge in [-0.05, 0) is 45.3 Å². The van der Waals surface area contributed by atoms with E-state index in [1.54, 1.807) is 0 Å². The number of rotatable bonds is 10. The summed E-state index contributed by atoms with van der Waals surface area (Å²) in [6.45, 7) is 9.51. The van der Waals surface area contributed by atoms with E-state index in [2.05, 4.69) is 42.5 Å². The largest absolute Gasteiger partial charge is 0.493 e. The molecule has 0 heterocycles. The van der Waals surface area contributed by atoms with Crippen LogP contribution >= 0.6 is 24.0 Å². The van der Waals surface area contributed by atoms with Gasteiger partial charge in [-0.15, -0.1) is 24.0 Å². The number of hydrogen-bond donors (Lipinski definition) is 2. The summed E-state index contributed by atoms with van der Waals surface area (Å²) in [5, 5.41) is 6.70. The summed E-state index contributed by atoms with van der Waals surface area (Å²) in [7, 11) is 2.12. The van der Waals surface area contributed by atoms with Gasteiger partial charge < -0.3 is 20.3 Å². The van der Waals surface area contributed by atoms with Gasteiger partial charge in [0.2, 0.25) is 0 Å². The van der Waals surface area contributed by atoms with Gasteiger partial charge in [-0.1, -0.05) is 25.1 Å². The maximum atomic E-state index is 5.96. The first-order valence-corrected chi connectivity index (χ1v) is 9.14. The van der Waals surface area contributed by atoms with E-state index >= 15 is 0 Å². The second-order valence-corrected chi connectivity index (χ2v) is 6.38. The van der Waals surface area contributed by atoms with Crippen LogP contribution in [-0.2, 0) is 6.54 Å². The lowest BCUT2D eigenvalue weighted by molar-refractivity contribution is 0.297. The second kappa shape index (κ2) is 12.4. The standard InChI is InChI=1S/C19H32N4O.HI/c1-4-20-19(21-12-13-23(3)5-2)22-14-17-8-6-7-9-18(17)24-15-16-10-11-16;/h6-9,16H,4-5,10-15H2,1-3H3,(H2,20,21,22);1H. The van der Waals surface area contributed by atoms with E-state index in [1.165, 1.54) is 12.8 Å². The van der Waals surface area contributed by atoms with Crippen LogP contribution in [0.1, 0.15) is 32.3 Å². The van der Waals surface area contributed by atoms with Crippen LogP contribution in [0, 0.1) is 5.92 Å². The van der Waals surface area contributed by atoms with Crippen LogP contribution in [0.15, 0.2) is 29.3 Å². The molecule has 2 rings (SSSR count). The highest BCUT2D eigenvalue weighted by Crippen LogP contribution is 2.30. The van der Waals surface area contributed by atoms with E-state index in [-0.39, 0.29) is 24.0 Å². The minimum atomic E-state index is 0. The number of nitrogens with one attached hydrogen (secondary N) is 2. The molecule has 1 aromatic carbocycles. The van der Waals surface area contributed by atoms with Gasteiger partial charge in [0.1, 0.15) is 5.75 Å². The van der Waals surface area contributed by atoms with Crippen molar-refractivity contribution < 1.29 is 4.74 Å². The Kier molecular flexibility index (Phi) is 10.9. The third-order valence-electron chi connectivity index (χ3n) is 4.22. The monoisotopic (exact) mass is 460 g/mol. The van der Waals surface area contributed by atoms with Gasteiger partial charge in [0.15, 0.2) is 5.96 Å². The van der Waals surface area contributed by atoms with Gasteiger partial charge in [0.05, 0.1) is 13.2 Å². The van der Waals surface area contributed by atoms with E-state index in [0.29, 0.717) is 6.54 Å². The number of nitrogens with zero attached hydrogens (tertiary/aromatic N) is 2. The van der Waals surface area contributed by atoms with Crippen molar-refractivity contribution in [3.8, 4) is 5.75 Å². The maximum Gasteiger partial charge on any atom is 0.191 e. The van der Waals surface area contributed by atoms with Gasteiger partial charge in [0, 0.05) is 25.2 Å². The number of benzene rings is 1. The molecule has 0 spiro atoms. The predicted molar refractivity (Wildman–Crippen MR) is 116 cm³/mol. The van der Waals surface area contributed by atoms with Crippen LogP contribution in [0.4, 0.5) is 0 Å². The molecule has 1 aliphatic carbocycles. The smallest absolute Gasteiger partial charge is 0.191 e. The molecule has 1 fully saturated rings. The van der Waals surface area contributed by atoms with Crippen molar-refractivity contribution in [2.45, 2.75) is 33.2 Å². The van der Waals surface area contributed by atoms with Crippen molar-refractivity contribution >= 4 is 29.9 Å². The van der Waals surface area contributed by atoms with Crippen LogP contribution in [0.5, 0.6) is 5.75 Å². The fourth-order valence-electron chi connectivity index (χ4n) is 2.30. The molecule has 5 nitrogen and oxygen atoms in total. The third kappa shape index (κ3) is 8.76. The molecule has 0 atom stereocenters. The lowest BCUT2D eigenvalue weighted by Crippen LogP contribution is -2.40. The zero-order valence-electron chi connectivity index (χ0n) is 15.8. The zero-order valence-corrected chi connectivity index (χ0v) is 18.1. The van der Waals surface area contributed by atoms with Gasteiger partial charge in [0.25, 0.3) is 0 Å². The molecule has 0 radical (unpaired) electrons. The maximum absolute atomic E-state index is 5.96. The topological polar surface area (TPSA) is 48.9 Å². The van der Waals surface area contributed by atoms with Crippen LogP contribution < -0.4 is 15.4 Å². The molecule has 0 unspecified atom stereocenters. The summed E-state index contributed by atoms with van der Waals surface area (Å²) < 4.78 is 5.96. The summed E-state index contributed by atoms with van der Waals surface area (Å²) in [6.07, 6.45) is 2.61. The van der Waals surface area contributed by atoms with E-state index in [9.17, 15) is 0 Å². The number of ether oxygens (including phenoxy) is 1. The Balaban J connectivity index is 0.00000312. The summed E-state index contributed by atoms with van der Waals surface area (Å²) in [6, 6.07) is 8.22. The number of para-hydroxylation sites is 1. The highest BCUT2D eigenvalue weighted by molar-refractivity contribution is 14.0. The summed E-state index contributed by atoms with van der Waals surface area (Å²) in [5.41, 5.74) is 1.14. The SMILES string of the molecule is CCNC(=NCc1ccccc1OCC1CC1)NCCN(C)CC.I. The van der Waals surface area contributed by atoms with Gasteiger partial charge in [-0.3, -0.25) is 0 Å². The Morgan fingerprint density at radius 2 is 2.00 bits per heavy atom. The van der Waals surface area contributed by atoms with E-state index in [4.69, 9.17) is 9.73 Å². The molecule has 0 bridgehead atoms. The lowest BCUT2D eigenvalue weighted by Gasteiger charge is -2.16. The average Bonchev–Trinajstić information content (AvgIpc) is 3.42. The number of halogens is 1. The van der Waals surface area contributed by atoms with Crippen molar-refractivity contribution in [3.05, 3.63) is 29.8 Å². The first-order chi connectivity index (χ1) is 11.7. The molecule has 1 aromatic rings. The molecule has 0 aromatic heterocycles. The highest BCUT2D eigenvalue weighted by atomic mass is 127. The molecular formula is C19H33IN4O. The van der Waals surface area contributed by atoms with Gasteiger partial charge >= 0.3 is 0 Å².